The largest absolute Gasteiger partial charge is 0.398 e. The monoisotopic (exact) mass is 422 g/mol. The maximum atomic E-state index is 12.3. The summed E-state index contributed by atoms with van der Waals surface area (Å²) in [6.07, 6.45) is 1.31. The van der Waals surface area contributed by atoms with Crippen LogP contribution in [0.5, 0.6) is 0 Å². The van der Waals surface area contributed by atoms with Gasteiger partial charge in [0.25, 0.3) is 5.91 Å². The average molecular weight is 422 g/mol. The maximum absolute atomic E-state index is 12.3. The summed E-state index contributed by atoms with van der Waals surface area (Å²) >= 11 is 0. The molecular weight excluding hydrogens is 396 g/mol. The molecule has 0 unspecified atom stereocenters. The summed E-state index contributed by atoms with van der Waals surface area (Å²) in [4.78, 5) is 34.8. The molecule has 2 aromatic carbocycles. The molecule has 8 heteroatoms. The van der Waals surface area contributed by atoms with Crippen LogP contribution in [-0.4, -0.2) is 37.3 Å². The maximum Gasteiger partial charge on any atom is 0.273 e. The van der Waals surface area contributed by atoms with E-state index in [-0.39, 0.29) is 29.7 Å². The molecule has 0 bridgehead atoms. The van der Waals surface area contributed by atoms with Crippen molar-refractivity contribution in [2.24, 2.45) is 16.0 Å². The van der Waals surface area contributed by atoms with Gasteiger partial charge in [-0.25, -0.2) is 0 Å². The molecule has 0 aromatic heterocycles. The van der Waals surface area contributed by atoms with Gasteiger partial charge in [0.2, 0.25) is 0 Å². The van der Waals surface area contributed by atoms with Gasteiger partial charge in [-0.1, -0.05) is 58.8 Å². The number of nitrogens with one attached hydrogen (secondary N) is 1. The lowest BCUT2D eigenvalue weighted by molar-refractivity contribution is -0.114. The lowest BCUT2D eigenvalue weighted by atomic mass is 9.98. The average Bonchev–Trinajstić information content (AvgIpc) is 2.78. The molecule has 0 aliphatic rings. The van der Waals surface area contributed by atoms with Crippen LogP contribution in [0, 0.1) is 6.92 Å². The van der Waals surface area contributed by atoms with Gasteiger partial charge >= 0.3 is 0 Å². The molecule has 2 aromatic rings. The van der Waals surface area contributed by atoms with Crippen LogP contribution in [0.3, 0.4) is 0 Å². The minimum absolute atomic E-state index is 0.0684. The van der Waals surface area contributed by atoms with Gasteiger partial charge in [0.1, 0.15) is 13.7 Å². The first kappa shape index (κ1) is 23.3. The fourth-order valence-electron chi connectivity index (χ4n) is 2.72. The Hall–Kier alpha value is -3.94. The first-order chi connectivity index (χ1) is 14.9. The van der Waals surface area contributed by atoms with E-state index < -0.39 is 0 Å². The molecule has 2 rings (SSSR count). The predicted octanol–water partition coefficient (Wildman–Crippen LogP) is 2.71. The molecule has 8 nitrogen and oxygen atoms in total. The second-order valence-corrected chi connectivity index (χ2v) is 6.58. The summed E-state index contributed by atoms with van der Waals surface area (Å²) in [6.45, 7) is 3.60. The van der Waals surface area contributed by atoms with Crippen LogP contribution < -0.4 is 11.1 Å². The van der Waals surface area contributed by atoms with E-state index in [2.05, 4.69) is 15.6 Å². The number of carbonyl (C=O) groups is 2. The molecule has 0 radical (unpaired) electrons. The molecule has 1 amide bonds. The second kappa shape index (κ2) is 11.3. The highest BCUT2D eigenvalue weighted by Gasteiger charge is 2.19. The zero-order valence-electron chi connectivity index (χ0n) is 18.0. The minimum atomic E-state index is -0.389. The third-order valence-electron chi connectivity index (χ3n) is 4.46. The molecule has 0 aliphatic carbocycles. The molecule has 162 valence electrons. The number of oxime groups is 2. The smallest absolute Gasteiger partial charge is 0.273 e. The normalized spacial score (nSPS) is 12.3. The Labute approximate surface area is 181 Å². The van der Waals surface area contributed by atoms with E-state index >= 15 is 0 Å². The van der Waals surface area contributed by atoms with E-state index in [1.807, 2.05) is 25.1 Å². The Bertz CT molecular complexity index is 1030. The molecular formula is C23H26N4O4. The van der Waals surface area contributed by atoms with Crippen LogP contribution in [0.15, 0.2) is 70.6 Å². The van der Waals surface area contributed by atoms with E-state index in [1.54, 1.807) is 37.3 Å². The predicted molar refractivity (Wildman–Crippen MR) is 120 cm³/mol. The van der Waals surface area contributed by atoms with Crippen LogP contribution >= 0.6 is 0 Å². The molecule has 0 fully saturated rings. The number of rotatable bonds is 9. The van der Waals surface area contributed by atoms with Gasteiger partial charge in [-0.05, 0) is 19.4 Å². The van der Waals surface area contributed by atoms with Gasteiger partial charge in [0.15, 0.2) is 11.5 Å². The number of carbonyl (C=O) groups excluding carboxylic acids is 2. The molecule has 0 heterocycles. The Morgan fingerprint density at radius 2 is 1.81 bits per heavy atom. The van der Waals surface area contributed by atoms with Crippen molar-refractivity contribution in [3.05, 3.63) is 82.6 Å². The lowest BCUT2D eigenvalue weighted by Gasteiger charge is -2.13. The Morgan fingerprint density at radius 1 is 1.10 bits per heavy atom. The fraction of sp³-hybridized carbons (Fsp3) is 0.217. The number of benzene rings is 2. The number of aryl methyl sites for hydroxylation is 1. The number of allylic oxidation sites excluding steroid dienone is 2. The van der Waals surface area contributed by atoms with Gasteiger partial charge < -0.3 is 20.7 Å². The second-order valence-electron chi connectivity index (χ2n) is 6.58. The Morgan fingerprint density at radius 3 is 2.45 bits per heavy atom. The summed E-state index contributed by atoms with van der Waals surface area (Å²) < 4.78 is 0. The summed E-state index contributed by atoms with van der Waals surface area (Å²) in [5.41, 5.74) is 9.37. The highest BCUT2D eigenvalue weighted by molar-refractivity contribution is 6.45. The van der Waals surface area contributed by atoms with Crippen molar-refractivity contribution in [3.8, 4) is 0 Å². The highest BCUT2D eigenvalue weighted by atomic mass is 16.6. The number of hydrogen-bond donors (Lipinski definition) is 2. The zero-order valence-corrected chi connectivity index (χ0v) is 18.0. The van der Waals surface area contributed by atoms with Gasteiger partial charge in [0.05, 0.1) is 11.4 Å². The van der Waals surface area contributed by atoms with E-state index in [0.717, 1.165) is 11.1 Å². The van der Waals surface area contributed by atoms with Crippen molar-refractivity contribution >= 4 is 23.1 Å². The molecule has 0 saturated heterocycles. The Kier molecular flexibility index (Phi) is 8.51. The Balaban J connectivity index is 2.20. The van der Waals surface area contributed by atoms with E-state index in [0.29, 0.717) is 16.8 Å². The van der Waals surface area contributed by atoms with Crippen molar-refractivity contribution < 1.29 is 19.3 Å². The number of amides is 1. The van der Waals surface area contributed by atoms with E-state index in [4.69, 9.17) is 15.4 Å². The molecule has 0 saturated carbocycles. The van der Waals surface area contributed by atoms with Crippen molar-refractivity contribution in [2.75, 3.05) is 14.2 Å². The van der Waals surface area contributed by atoms with Crippen molar-refractivity contribution in [3.63, 3.8) is 0 Å². The summed E-state index contributed by atoms with van der Waals surface area (Å²) in [6, 6.07) is 14.3. The van der Waals surface area contributed by atoms with E-state index in [1.165, 1.54) is 20.2 Å². The SMILES string of the molecule is CNC(=O)/C(=N/OC)c1cccc(C)c1CO/N=C(C)/C(N)=C/C(=O)c1ccccc1. The van der Waals surface area contributed by atoms with Gasteiger partial charge in [-0.2, -0.15) is 0 Å². The standard InChI is InChI=1S/C23H26N4O4/c1-15-9-8-12-18(22(27-30-4)23(29)25-3)19(15)14-31-26-16(2)20(24)13-21(28)17-10-6-5-7-11-17/h5-13H,14,24H2,1-4H3,(H,25,29)/b20-13-,26-16+,27-22+. The number of nitrogens with zero attached hydrogens (tertiary/aromatic N) is 2. The fourth-order valence-corrected chi connectivity index (χ4v) is 2.72. The van der Waals surface area contributed by atoms with Crippen LogP contribution in [0.2, 0.25) is 0 Å². The molecule has 31 heavy (non-hydrogen) atoms. The quantitative estimate of drug-likeness (QED) is 0.279. The minimum Gasteiger partial charge on any atom is -0.398 e. The van der Waals surface area contributed by atoms with Crippen LogP contribution in [-0.2, 0) is 21.1 Å². The summed E-state index contributed by atoms with van der Waals surface area (Å²) in [5.74, 6) is -0.611. The molecule has 3 N–H and O–H groups in total. The molecule has 0 spiro atoms. The van der Waals surface area contributed by atoms with Crippen LogP contribution in [0.25, 0.3) is 0 Å². The molecule has 0 atom stereocenters. The third kappa shape index (κ3) is 6.27. The van der Waals surface area contributed by atoms with Gasteiger partial charge in [0, 0.05) is 29.8 Å². The summed E-state index contributed by atoms with van der Waals surface area (Å²) in [7, 11) is 2.88. The highest BCUT2D eigenvalue weighted by Crippen LogP contribution is 2.17. The lowest BCUT2D eigenvalue weighted by Crippen LogP contribution is -2.29. The first-order valence-corrected chi connectivity index (χ1v) is 9.54. The van der Waals surface area contributed by atoms with E-state index in [9.17, 15) is 9.59 Å². The number of hydrogen-bond acceptors (Lipinski definition) is 7. The van der Waals surface area contributed by atoms with Crippen LogP contribution in [0.1, 0.15) is 34.0 Å². The van der Waals surface area contributed by atoms with Crippen molar-refractivity contribution in [1.82, 2.24) is 5.32 Å². The third-order valence-corrected chi connectivity index (χ3v) is 4.46. The van der Waals surface area contributed by atoms with Gasteiger partial charge in [-0.15, -0.1) is 0 Å². The van der Waals surface area contributed by atoms with Crippen LogP contribution in [0.4, 0.5) is 0 Å². The zero-order chi connectivity index (χ0) is 22.8. The topological polar surface area (TPSA) is 115 Å². The van der Waals surface area contributed by atoms with Crippen molar-refractivity contribution in [1.29, 1.82) is 0 Å². The number of likely N-dealkylation sites (N-methyl/N-ethyl adjacent to an activating group) is 1. The molecule has 0 aliphatic heterocycles. The number of ketones is 1. The first-order valence-electron chi connectivity index (χ1n) is 9.54. The number of nitrogens with two attached hydrogens (primary N) is 1. The van der Waals surface area contributed by atoms with Gasteiger partial charge in [-0.3, -0.25) is 9.59 Å². The van der Waals surface area contributed by atoms with Crippen molar-refractivity contribution in [2.45, 2.75) is 20.5 Å². The summed E-state index contributed by atoms with van der Waals surface area (Å²) in [5, 5.41) is 10.4.